The Morgan fingerprint density at radius 1 is 1.14 bits per heavy atom. The van der Waals surface area contributed by atoms with Gasteiger partial charge in [0.2, 0.25) is 17.7 Å². The summed E-state index contributed by atoms with van der Waals surface area (Å²) in [4.78, 5) is 48.3. The third kappa shape index (κ3) is 7.03. The largest absolute Gasteiger partial charge is 0.496 e. The first-order valence-electron chi connectivity index (χ1n) is 14.2. The summed E-state index contributed by atoms with van der Waals surface area (Å²) in [5.74, 6) is -0.0600. The zero-order valence-corrected chi connectivity index (χ0v) is 25.1. The summed E-state index contributed by atoms with van der Waals surface area (Å²) in [7, 11) is 3.25. The van der Waals surface area contributed by atoms with Gasteiger partial charge in [0.15, 0.2) is 0 Å². The molecular weight excluding hydrogens is 534 g/mol. The number of hydrogen-bond acceptors (Lipinski definition) is 9. The molecule has 0 unspecified atom stereocenters. The molecule has 0 aliphatic carbocycles. The summed E-state index contributed by atoms with van der Waals surface area (Å²) < 4.78 is 5.74. The van der Waals surface area contributed by atoms with Crippen molar-refractivity contribution < 1.29 is 19.1 Å². The fourth-order valence-corrected chi connectivity index (χ4v) is 5.19. The molecule has 3 aromatic rings. The van der Waals surface area contributed by atoms with Gasteiger partial charge in [-0.1, -0.05) is 32.0 Å². The van der Waals surface area contributed by atoms with Crippen LogP contribution in [-0.2, 0) is 20.8 Å². The van der Waals surface area contributed by atoms with Gasteiger partial charge in [0.25, 0.3) is 0 Å². The monoisotopic (exact) mass is 575 g/mol. The summed E-state index contributed by atoms with van der Waals surface area (Å²) in [5.41, 5.74) is 2.66. The van der Waals surface area contributed by atoms with Gasteiger partial charge in [-0.15, -0.1) is 0 Å². The number of benzene rings is 2. The lowest BCUT2D eigenvalue weighted by Crippen LogP contribution is -2.59. The molecule has 2 heterocycles. The number of carbonyl (C=O) groups excluding carboxylic acids is 3. The second-order valence-electron chi connectivity index (χ2n) is 11.5. The molecule has 3 amide bonds. The van der Waals surface area contributed by atoms with Crippen LogP contribution in [0, 0.1) is 12.3 Å². The number of aryl methyl sites for hydroxylation is 1. The molecule has 11 nitrogen and oxygen atoms in total. The molecule has 42 heavy (non-hydrogen) atoms. The first-order valence-corrected chi connectivity index (χ1v) is 14.2. The summed E-state index contributed by atoms with van der Waals surface area (Å²) in [6.45, 7) is 8.23. The number of para-hydroxylation sites is 1. The Bertz CT molecular complexity index is 1450. The van der Waals surface area contributed by atoms with Crippen LogP contribution in [0.3, 0.4) is 0 Å². The number of imide groups is 1. The number of methoxy groups -OCH3 is 1. The van der Waals surface area contributed by atoms with E-state index in [0.717, 1.165) is 35.2 Å². The van der Waals surface area contributed by atoms with Crippen molar-refractivity contribution in [3.05, 3.63) is 53.9 Å². The smallest absolute Gasteiger partial charge is 0.249 e. The Hall–Kier alpha value is -4.09. The molecule has 11 heteroatoms. The lowest BCUT2D eigenvalue weighted by atomic mass is 9.77. The van der Waals surface area contributed by atoms with E-state index in [4.69, 9.17) is 4.74 Å². The second-order valence-corrected chi connectivity index (χ2v) is 11.5. The molecular formula is C31H41N7O4. The summed E-state index contributed by atoms with van der Waals surface area (Å²) >= 11 is 0. The molecule has 3 atom stereocenters. The van der Waals surface area contributed by atoms with Gasteiger partial charge in [0.05, 0.1) is 24.7 Å². The van der Waals surface area contributed by atoms with Crippen LogP contribution in [0.25, 0.3) is 10.9 Å². The number of ether oxygens (including phenoxy) is 1. The lowest BCUT2D eigenvalue weighted by Gasteiger charge is -2.35. The van der Waals surface area contributed by atoms with E-state index in [1.807, 2.05) is 57.2 Å². The van der Waals surface area contributed by atoms with Crippen molar-refractivity contribution in [2.45, 2.75) is 65.1 Å². The van der Waals surface area contributed by atoms with E-state index in [9.17, 15) is 14.4 Å². The van der Waals surface area contributed by atoms with Crippen LogP contribution in [0.15, 0.2) is 42.7 Å². The van der Waals surface area contributed by atoms with Crippen LogP contribution < -0.4 is 31.3 Å². The standard InChI is InChI=1S/C31H41N7O4/c1-18-10-7-8-11-22(18)36-27-21-14-20(25(42-6)15-24(21)34-17-35-27)16-31(3,4)26(37-28(39)19(2)32-5)30(41)38-29(40)23-12-9-13-33-23/h7-8,10-11,14-15,17,19,23,26,32-33H,9,12-13,16H2,1-6H3,(H,37,39)(H,34,35,36)(H,38,40,41)/t19-,23-,26+/m0/s1. The Labute approximate surface area is 246 Å². The average Bonchev–Trinajstić information content (AvgIpc) is 3.51. The van der Waals surface area contributed by atoms with Crippen LogP contribution in [0.5, 0.6) is 5.75 Å². The van der Waals surface area contributed by atoms with Crippen molar-refractivity contribution in [2.75, 3.05) is 26.0 Å². The van der Waals surface area contributed by atoms with Crippen molar-refractivity contribution in [3.63, 3.8) is 0 Å². The number of fused-ring (bicyclic) bond motifs is 1. The summed E-state index contributed by atoms with van der Waals surface area (Å²) in [6.07, 6.45) is 3.36. The van der Waals surface area contributed by atoms with Gasteiger partial charge in [0.1, 0.15) is 23.9 Å². The van der Waals surface area contributed by atoms with Crippen molar-refractivity contribution in [3.8, 4) is 5.75 Å². The number of nitrogens with zero attached hydrogens (tertiary/aromatic N) is 2. The highest BCUT2D eigenvalue weighted by Gasteiger charge is 2.39. The van der Waals surface area contributed by atoms with E-state index in [1.165, 1.54) is 6.33 Å². The molecule has 0 radical (unpaired) electrons. The number of amides is 3. The van der Waals surface area contributed by atoms with Gasteiger partial charge in [-0.05, 0) is 75.4 Å². The number of likely N-dealkylation sites (N-methyl/N-ethyl adjacent to an activating group) is 1. The molecule has 224 valence electrons. The van der Waals surface area contributed by atoms with Gasteiger partial charge in [0, 0.05) is 17.1 Å². The minimum atomic E-state index is -1.01. The number of carbonyl (C=O) groups is 3. The van der Waals surface area contributed by atoms with Gasteiger partial charge in [-0.3, -0.25) is 19.7 Å². The fraction of sp³-hybridized carbons (Fsp3) is 0.452. The van der Waals surface area contributed by atoms with Crippen molar-refractivity contribution in [1.29, 1.82) is 0 Å². The van der Waals surface area contributed by atoms with Crippen LogP contribution in [0.4, 0.5) is 11.5 Å². The van der Waals surface area contributed by atoms with Gasteiger partial charge in [-0.25, -0.2) is 9.97 Å². The predicted molar refractivity (Wildman–Crippen MR) is 163 cm³/mol. The van der Waals surface area contributed by atoms with Gasteiger partial charge >= 0.3 is 0 Å². The number of nitrogens with one attached hydrogen (secondary N) is 5. The molecule has 5 N–H and O–H groups in total. The zero-order chi connectivity index (χ0) is 30.4. The first-order chi connectivity index (χ1) is 20.0. The molecule has 0 saturated carbocycles. The summed E-state index contributed by atoms with van der Waals surface area (Å²) in [6, 6.07) is 9.76. The highest BCUT2D eigenvalue weighted by Crippen LogP contribution is 2.35. The van der Waals surface area contributed by atoms with Crippen LogP contribution in [0.2, 0.25) is 0 Å². The lowest BCUT2D eigenvalue weighted by molar-refractivity contribution is -0.137. The minimum absolute atomic E-state index is 0.340. The van der Waals surface area contributed by atoms with Crippen LogP contribution in [0.1, 0.15) is 44.7 Å². The third-order valence-electron chi connectivity index (χ3n) is 7.86. The van der Waals surface area contributed by atoms with Crippen molar-refractivity contribution >= 4 is 40.1 Å². The second kappa shape index (κ2) is 13.3. The average molecular weight is 576 g/mol. The molecule has 0 bridgehead atoms. The van der Waals surface area contributed by atoms with Gasteiger partial charge in [-0.2, -0.15) is 0 Å². The maximum atomic E-state index is 13.6. The fourth-order valence-electron chi connectivity index (χ4n) is 5.19. The maximum absolute atomic E-state index is 13.6. The Balaban J connectivity index is 1.68. The van der Waals surface area contributed by atoms with Crippen LogP contribution in [-0.4, -0.2) is 66.5 Å². The number of rotatable bonds is 11. The third-order valence-corrected chi connectivity index (χ3v) is 7.86. The number of hydrogen-bond donors (Lipinski definition) is 5. The summed E-state index contributed by atoms with van der Waals surface area (Å²) in [5, 5.41) is 15.6. The van der Waals surface area contributed by atoms with E-state index in [1.54, 1.807) is 21.1 Å². The van der Waals surface area contributed by atoms with E-state index in [2.05, 4.69) is 36.6 Å². The highest BCUT2D eigenvalue weighted by atomic mass is 16.5. The maximum Gasteiger partial charge on any atom is 0.249 e. The molecule has 1 saturated heterocycles. The number of anilines is 2. The highest BCUT2D eigenvalue weighted by molar-refractivity contribution is 6.02. The first kappa shape index (κ1) is 30.9. The zero-order valence-electron chi connectivity index (χ0n) is 25.1. The van der Waals surface area contributed by atoms with Crippen molar-refractivity contribution in [2.24, 2.45) is 5.41 Å². The molecule has 1 aliphatic heterocycles. The van der Waals surface area contributed by atoms with E-state index >= 15 is 0 Å². The Morgan fingerprint density at radius 2 is 1.90 bits per heavy atom. The quantitative estimate of drug-likeness (QED) is 0.233. The van der Waals surface area contributed by atoms with Crippen molar-refractivity contribution in [1.82, 2.24) is 31.2 Å². The SMILES string of the molecule is CN[C@@H](C)C(=O)N[C@H](C(=O)NC(=O)[C@@H]1CCCN1)C(C)(C)Cc1cc2c(Nc3ccccc3C)ncnc2cc1OC. The Kier molecular flexibility index (Phi) is 9.74. The van der Waals surface area contributed by atoms with E-state index in [0.29, 0.717) is 29.9 Å². The molecule has 1 fully saturated rings. The topological polar surface area (TPSA) is 146 Å². The molecule has 2 aromatic carbocycles. The van der Waals surface area contributed by atoms with E-state index < -0.39 is 29.4 Å². The van der Waals surface area contributed by atoms with E-state index in [-0.39, 0.29) is 11.8 Å². The minimum Gasteiger partial charge on any atom is -0.496 e. The molecule has 4 rings (SSSR count). The van der Waals surface area contributed by atoms with Crippen LogP contribution >= 0.6 is 0 Å². The van der Waals surface area contributed by atoms with Gasteiger partial charge < -0.3 is 26.0 Å². The normalized spacial score (nSPS) is 16.5. The molecule has 0 spiro atoms. The number of aromatic nitrogens is 2. The predicted octanol–water partition coefficient (Wildman–Crippen LogP) is 2.75. The Morgan fingerprint density at radius 3 is 2.57 bits per heavy atom. The molecule has 1 aromatic heterocycles. The molecule has 1 aliphatic rings.